The first kappa shape index (κ1) is 16.2. The van der Waals surface area contributed by atoms with Crippen LogP contribution >= 0.6 is 27.7 Å². The van der Waals surface area contributed by atoms with Gasteiger partial charge >= 0.3 is 0 Å². The summed E-state index contributed by atoms with van der Waals surface area (Å²) in [5.41, 5.74) is 1.19. The van der Waals surface area contributed by atoms with Gasteiger partial charge in [-0.15, -0.1) is 11.8 Å². The van der Waals surface area contributed by atoms with Gasteiger partial charge < -0.3 is 0 Å². The number of nitrogens with one attached hydrogen (secondary N) is 1. The molecule has 0 saturated carbocycles. The number of benzene rings is 1. The molecule has 3 aromatic rings. The fourth-order valence-corrected chi connectivity index (χ4v) is 3.86. The Hall–Kier alpha value is -1.64. The van der Waals surface area contributed by atoms with E-state index in [1.54, 1.807) is 12.1 Å². The predicted molar refractivity (Wildman–Crippen MR) is 96.3 cm³/mol. The lowest BCUT2D eigenvalue weighted by Crippen LogP contribution is -2.13. The summed E-state index contributed by atoms with van der Waals surface area (Å²) >= 11 is 4.88. The normalized spacial score (nSPS) is 11.6. The molecule has 2 aromatic heterocycles. The van der Waals surface area contributed by atoms with Crippen molar-refractivity contribution in [3.63, 3.8) is 0 Å². The lowest BCUT2D eigenvalue weighted by Gasteiger charge is -2.09. The van der Waals surface area contributed by atoms with E-state index in [2.05, 4.69) is 30.6 Å². The number of aromatic nitrogens is 2. The van der Waals surface area contributed by atoms with Crippen molar-refractivity contribution in [2.75, 3.05) is 11.0 Å². The quantitative estimate of drug-likeness (QED) is 0.661. The Bertz CT molecular complexity index is 960. The van der Waals surface area contributed by atoms with Crippen LogP contribution in [0.15, 0.2) is 63.2 Å². The predicted octanol–water partition coefficient (Wildman–Crippen LogP) is 3.92. The van der Waals surface area contributed by atoms with Crippen LogP contribution in [0.3, 0.4) is 0 Å². The maximum absolute atomic E-state index is 12.4. The van der Waals surface area contributed by atoms with Crippen molar-refractivity contribution in [3.8, 4) is 0 Å². The zero-order chi connectivity index (χ0) is 16.4. The minimum Gasteiger partial charge on any atom is -0.278 e. The zero-order valence-electron chi connectivity index (χ0n) is 12.0. The van der Waals surface area contributed by atoms with Crippen LogP contribution in [0.25, 0.3) is 10.9 Å². The molecule has 0 atom stereocenters. The molecule has 0 amide bonds. The average molecular weight is 410 g/mol. The zero-order valence-corrected chi connectivity index (χ0v) is 15.2. The fourth-order valence-electron chi connectivity index (χ4n) is 2.04. The molecule has 118 valence electrons. The number of fused-ring (bicyclic) bond motifs is 1. The van der Waals surface area contributed by atoms with Gasteiger partial charge in [-0.25, -0.2) is 13.4 Å². The molecule has 1 aromatic carbocycles. The fraction of sp³-hybridized carbons (Fsp3) is 0.0667. The van der Waals surface area contributed by atoms with Crippen LogP contribution in [0.4, 0.5) is 5.69 Å². The number of para-hydroxylation sites is 1. The SMILES string of the molecule is CSc1ccc(S(=O)(=O)Nc2cnc3c(Br)cccc3c2)cn1. The molecule has 0 aliphatic heterocycles. The summed E-state index contributed by atoms with van der Waals surface area (Å²) < 4.78 is 28.2. The molecule has 0 aliphatic carbocycles. The minimum atomic E-state index is -3.69. The number of hydrogen-bond donors (Lipinski definition) is 1. The number of rotatable bonds is 4. The molecule has 0 saturated heterocycles. The van der Waals surface area contributed by atoms with E-state index in [9.17, 15) is 8.42 Å². The lowest BCUT2D eigenvalue weighted by atomic mass is 10.2. The number of hydrogen-bond acceptors (Lipinski definition) is 5. The number of pyridine rings is 2. The van der Waals surface area contributed by atoms with Crippen molar-refractivity contribution in [1.82, 2.24) is 9.97 Å². The summed E-state index contributed by atoms with van der Waals surface area (Å²) in [5.74, 6) is 0. The van der Waals surface area contributed by atoms with E-state index in [1.165, 1.54) is 30.2 Å². The highest BCUT2D eigenvalue weighted by Crippen LogP contribution is 2.25. The van der Waals surface area contributed by atoms with Crippen LogP contribution in [0.5, 0.6) is 0 Å². The van der Waals surface area contributed by atoms with Crippen molar-refractivity contribution < 1.29 is 8.42 Å². The Labute approximate surface area is 146 Å². The number of halogens is 1. The van der Waals surface area contributed by atoms with Crippen LogP contribution < -0.4 is 4.72 Å². The maximum Gasteiger partial charge on any atom is 0.263 e. The van der Waals surface area contributed by atoms with Gasteiger partial charge in [-0.1, -0.05) is 12.1 Å². The first-order valence-electron chi connectivity index (χ1n) is 6.57. The third-order valence-corrected chi connectivity index (χ3v) is 5.81. The molecular weight excluding hydrogens is 398 g/mol. The third-order valence-electron chi connectivity index (χ3n) is 3.14. The first-order valence-corrected chi connectivity index (χ1v) is 10.1. The van der Waals surface area contributed by atoms with Gasteiger partial charge in [0.05, 0.1) is 22.4 Å². The summed E-state index contributed by atoms with van der Waals surface area (Å²) in [6.45, 7) is 0. The molecule has 2 heterocycles. The molecule has 0 fully saturated rings. The highest BCUT2D eigenvalue weighted by Gasteiger charge is 2.15. The number of anilines is 1. The standard InChI is InChI=1S/C15H12BrN3O2S2/c1-22-14-6-5-12(9-17-14)23(20,21)19-11-7-10-3-2-4-13(16)15(10)18-8-11/h2-9,19H,1H3. The highest BCUT2D eigenvalue weighted by molar-refractivity contribution is 9.10. The highest BCUT2D eigenvalue weighted by atomic mass is 79.9. The van der Waals surface area contributed by atoms with Gasteiger partial charge in [-0.3, -0.25) is 9.71 Å². The largest absolute Gasteiger partial charge is 0.278 e. The van der Waals surface area contributed by atoms with Crippen LogP contribution in [-0.2, 0) is 10.0 Å². The molecule has 23 heavy (non-hydrogen) atoms. The monoisotopic (exact) mass is 409 g/mol. The van der Waals surface area contributed by atoms with Gasteiger partial charge in [0.1, 0.15) is 4.90 Å². The lowest BCUT2D eigenvalue weighted by molar-refractivity contribution is 0.600. The van der Waals surface area contributed by atoms with Gasteiger partial charge in [0.25, 0.3) is 10.0 Å². The molecule has 0 radical (unpaired) electrons. The van der Waals surface area contributed by atoms with Gasteiger partial charge in [0.15, 0.2) is 0 Å². The van der Waals surface area contributed by atoms with E-state index in [0.717, 1.165) is 20.4 Å². The molecule has 1 N–H and O–H groups in total. The maximum atomic E-state index is 12.4. The second-order valence-corrected chi connectivity index (χ2v) is 8.04. The molecule has 0 aliphatic rings. The van der Waals surface area contributed by atoms with Crippen molar-refractivity contribution in [2.45, 2.75) is 9.92 Å². The van der Waals surface area contributed by atoms with Crippen LogP contribution in [0, 0.1) is 0 Å². The molecule has 0 unspecified atom stereocenters. The Morgan fingerprint density at radius 2 is 1.96 bits per heavy atom. The van der Waals surface area contributed by atoms with Crippen molar-refractivity contribution >= 4 is 54.3 Å². The van der Waals surface area contributed by atoms with Gasteiger partial charge in [0.2, 0.25) is 0 Å². The Kier molecular flexibility index (Phi) is 4.56. The Balaban J connectivity index is 1.93. The van der Waals surface area contributed by atoms with Crippen molar-refractivity contribution in [2.24, 2.45) is 0 Å². The van der Waals surface area contributed by atoms with Gasteiger partial charge in [-0.05, 0) is 46.5 Å². The molecule has 8 heteroatoms. The first-order chi connectivity index (χ1) is 11.0. The van der Waals surface area contributed by atoms with Crippen LogP contribution in [0.2, 0.25) is 0 Å². The molecule has 0 spiro atoms. The molecule has 5 nitrogen and oxygen atoms in total. The van der Waals surface area contributed by atoms with E-state index in [1.807, 2.05) is 24.5 Å². The summed E-state index contributed by atoms with van der Waals surface area (Å²) in [6.07, 6.45) is 4.72. The Morgan fingerprint density at radius 3 is 2.65 bits per heavy atom. The number of thioether (sulfide) groups is 1. The summed E-state index contributed by atoms with van der Waals surface area (Å²) in [7, 11) is -3.69. The smallest absolute Gasteiger partial charge is 0.263 e. The third kappa shape index (κ3) is 3.49. The number of sulfonamides is 1. The van der Waals surface area contributed by atoms with Crippen molar-refractivity contribution in [3.05, 3.63) is 53.3 Å². The van der Waals surface area contributed by atoms with E-state index in [0.29, 0.717) is 5.69 Å². The number of nitrogens with zero attached hydrogens (tertiary/aromatic N) is 2. The van der Waals surface area contributed by atoms with E-state index in [4.69, 9.17) is 0 Å². The summed E-state index contributed by atoms with van der Waals surface area (Å²) in [5, 5.41) is 1.61. The summed E-state index contributed by atoms with van der Waals surface area (Å²) in [6, 6.07) is 10.6. The van der Waals surface area contributed by atoms with Gasteiger partial charge in [-0.2, -0.15) is 0 Å². The van der Waals surface area contributed by atoms with E-state index in [-0.39, 0.29) is 4.90 Å². The molecular formula is C15H12BrN3O2S2. The second kappa shape index (κ2) is 6.46. The van der Waals surface area contributed by atoms with Crippen molar-refractivity contribution in [1.29, 1.82) is 0 Å². The van der Waals surface area contributed by atoms with E-state index >= 15 is 0 Å². The molecule has 3 rings (SSSR count). The van der Waals surface area contributed by atoms with E-state index < -0.39 is 10.0 Å². The molecule has 0 bridgehead atoms. The summed E-state index contributed by atoms with van der Waals surface area (Å²) in [4.78, 5) is 8.50. The average Bonchev–Trinajstić information content (AvgIpc) is 2.54. The van der Waals surface area contributed by atoms with Crippen LogP contribution in [0.1, 0.15) is 0 Å². The second-order valence-electron chi connectivity index (χ2n) is 4.68. The Morgan fingerprint density at radius 1 is 1.13 bits per heavy atom. The topological polar surface area (TPSA) is 72.0 Å². The van der Waals surface area contributed by atoms with Gasteiger partial charge in [0, 0.05) is 16.1 Å². The minimum absolute atomic E-state index is 0.115. The van der Waals surface area contributed by atoms with Crippen LogP contribution in [-0.4, -0.2) is 24.6 Å².